The summed E-state index contributed by atoms with van der Waals surface area (Å²) in [4.78, 5) is 0. The van der Waals surface area contributed by atoms with Crippen LogP contribution in [0.1, 0.15) is 25.2 Å². The number of methoxy groups -OCH3 is 1. The van der Waals surface area contributed by atoms with E-state index in [2.05, 4.69) is 24.3 Å². The van der Waals surface area contributed by atoms with Crippen molar-refractivity contribution in [3.05, 3.63) is 48.0 Å². The van der Waals surface area contributed by atoms with E-state index in [9.17, 15) is 0 Å². The third-order valence-corrected chi connectivity index (χ3v) is 3.91. The Balaban J connectivity index is 1.75. The Kier molecular flexibility index (Phi) is 3.66. The summed E-state index contributed by atoms with van der Waals surface area (Å²) in [5.74, 6) is 1.74. The van der Waals surface area contributed by atoms with Crippen molar-refractivity contribution in [2.24, 2.45) is 7.05 Å². The number of nitrogens with one attached hydrogen (secondary N) is 1. The first-order valence-corrected chi connectivity index (χ1v) is 7.28. The van der Waals surface area contributed by atoms with E-state index >= 15 is 0 Å². The quantitative estimate of drug-likeness (QED) is 0.786. The van der Waals surface area contributed by atoms with Crippen LogP contribution in [0.25, 0.3) is 11.0 Å². The van der Waals surface area contributed by atoms with Crippen molar-refractivity contribution >= 4 is 11.0 Å². The van der Waals surface area contributed by atoms with Crippen molar-refractivity contribution in [2.45, 2.75) is 25.9 Å². The lowest BCUT2D eigenvalue weighted by Gasteiger charge is -2.24. The van der Waals surface area contributed by atoms with Gasteiger partial charge in [-0.25, -0.2) is 0 Å². The van der Waals surface area contributed by atoms with Gasteiger partial charge in [0, 0.05) is 29.7 Å². The molecule has 0 bridgehead atoms. The van der Waals surface area contributed by atoms with Gasteiger partial charge in [0.15, 0.2) is 0 Å². The molecule has 5 heteroatoms. The summed E-state index contributed by atoms with van der Waals surface area (Å²) in [5.41, 5.74) is 1.84. The molecule has 1 N–H and O–H groups in total. The molecule has 0 fully saturated rings. The average Bonchev–Trinajstić information content (AvgIpc) is 3.10. The maximum Gasteiger partial charge on any atom is 0.134 e. The molecule has 0 atom stereocenters. The van der Waals surface area contributed by atoms with E-state index < -0.39 is 0 Å². The molecule has 22 heavy (non-hydrogen) atoms. The Morgan fingerprint density at radius 2 is 2.14 bits per heavy atom. The molecule has 2 aromatic heterocycles. The number of aromatic nitrogens is 2. The zero-order chi connectivity index (χ0) is 15.7. The van der Waals surface area contributed by atoms with E-state index in [-0.39, 0.29) is 5.54 Å². The van der Waals surface area contributed by atoms with Crippen LogP contribution in [0.4, 0.5) is 0 Å². The van der Waals surface area contributed by atoms with Gasteiger partial charge < -0.3 is 14.5 Å². The molecule has 5 nitrogen and oxygen atoms in total. The Bertz CT molecular complexity index is 786. The Morgan fingerprint density at radius 3 is 2.82 bits per heavy atom. The summed E-state index contributed by atoms with van der Waals surface area (Å²) in [6, 6.07) is 7.87. The summed E-state index contributed by atoms with van der Waals surface area (Å²) >= 11 is 0. The molecule has 0 radical (unpaired) electrons. The second-order valence-electron chi connectivity index (χ2n) is 6.00. The van der Waals surface area contributed by atoms with Gasteiger partial charge in [0.05, 0.1) is 19.9 Å². The number of rotatable bonds is 5. The SMILES string of the molecule is COc1ccc2oc(CNC(C)(C)c3cnn(C)c3)cc2c1. The smallest absolute Gasteiger partial charge is 0.134 e. The molecule has 2 heterocycles. The minimum absolute atomic E-state index is 0.176. The summed E-state index contributed by atoms with van der Waals surface area (Å²) < 4.78 is 12.9. The van der Waals surface area contributed by atoms with E-state index in [1.54, 1.807) is 7.11 Å². The minimum atomic E-state index is -0.176. The lowest BCUT2D eigenvalue weighted by Crippen LogP contribution is -2.35. The van der Waals surface area contributed by atoms with Crippen molar-refractivity contribution in [3.8, 4) is 5.75 Å². The molecule has 0 saturated carbocycles. The van der Waals surface area contributed by atoms with Gasteiger partial charge >= 0.3 is 0 Å². The van der Waals surface area contributed by atoms with Crippen LogP contribution in [0.2, 0.25) is 0 Å². The number of hydrogen-bond donors (Lipinski definition) is 1. The van der Waals surface area contributed by atoms with Gasteiger partial charge in [-0.2, -0.15) is 5.10 Å². The van der Waals surface area contributed by atoms with Crippen LogP contribution in [0.5, 0.6) is 5.75 Å². The third-order valence-electron chi connectivity index (χ3n) is 3.91. The molecule has 0 spiro atoms. The fourth-order valence-corrected chi connectivity index (χ4v) is 2.44. The average molecular weight is 299 g/mol. The first-order chi connectivity index (χ1) is 10.5. The standard InChI is InChI=1S/C17H21N3O2/c1-17(2,13-9-19-20(3)11-13)18-10-15-8-12-7-14(21-4)5-6-16(12)22-15/h5-9,11,18H,10H2,1-4H3. The number of aryl methyl sites for hydroxylation is 1. The van der Waals surface area contributed by atoms with Crippen molar-refractivity contribution in [3.63, 3.8) is 0 Å². The topological polar surface area (TPSA) is 52.2 Å². The van der Waals surface area contributed by atoms with Gasteiger partial charge in [-0.3, -0.25) is 4.68 Å². The van der Waals surface area contributed by atoms with Crippen LogP contribution < -0.4 is 10.1 Å². The highest BCUT2D eigenvalue weighted by Crippen LogP contribution is 2.25. The molecule has 3 aromatic rings. The number of benzene rings is 1. The molecule has 1 aromatic carbocycles. The third kappa shape index (κ3) is 2.85. The lowest BCUT2D eigenvalue weighted by atomic mass is 9.98. The van der Waals surface area contributed by atoms with Crippen LogP contribution in [-0.4, -0.2) is 16.9 Å². The van der Waals surface area contributed by atoms with E-state index in [4.69, 9.17) is 9.15 Å². The van der Waals surface area contributed by atoms with Crippen molar-refractivity contribution < 1.29 is 9.15 Å². The van der Waals surface area contributed by atoms with Crippen LogP contribution >= 0.6 is 0 Å². The Labute approximate surface area is 129 Å². The van der Waals surface area contributed by atoms with Gasteiger partial charge in [-0.1, -0.05) is 0 Å². The molecule has 0 amide bonds. The second-order valence-corrected chi connectivity index (χ2v) is 6.00. The van der Waals surface area contributed by atoms with Gasteiger partial charge in [-0.05, 0) is 38.1 Å². The number of fused-ring (bicyclic) bond motifs is 1. The molecule has 0 saturated heterocycles. The molecule has 116 valence electrons. The van der Waals surface area contributed by atoms with Crippen LogP contribution in [0.3, 0.4) is 0 Å². The molecule has 0 aliphatic carbocycles. The molecule has 0 aliphatic rings. The molecule has 3 rings (SSSR count). The highest BCUT2D eigenvalue weighted by molar-refractivity contribution is 5.79. The van der Waals surface area contributed by atoms with Crippen LogP contribution in [-0.2, 0) is 19.1 Å². The Hall–Kier alpha value is -2.27. The summed E-state index contributed by atoms with van der Waals surface area (Å²) in [6.45, 7) is 4.92. The molecule has 0 aliphatic heterocycles. The zero-order valence-corrected chi connectivity index (χ0v) is 13.4. The summed E-state index contributed by atoms with van der Waals surface area (Å²) in [5, 5.41) is 8.80. The predicted octanol–water partition coefficient (Wildman–Crippen LogP) is 3.20. The number of nitrogens with zero attached hydrogens (tertiary/aromatic N) is 2. The fraction of sp³-hybridized carbons (Fsp3) is 0.353. The van der Waals surface area contributed by atoms with Crippen molar-refractivity contribution in [1.82, 2.24) is 15.1 Å². The van der Waals surface area contributed by atoms with E-state index in [1.807, 2.05) is 48.4 Å². The number of hydrogen-bond acceptors (Lipinski definition) is 4. The lowest BCUT2D eigenvalue weighted by molar-refractivity contribution is 0.376. The fourth-order valence-electron chi connectivity index (χ4n) is 2.44. The minimum Gasteiger partial charge on any atom is -0.497 e. The van der Waals surface area contributed by atoms with E-state index in [0.717, 1.165) is 28.0 Å². The normalized spacial score (nSPS) is 12.0. The monoisotopic (exact) mass is 299 g/mol. The molecular formula is C17H21N3O2. The van der Waals surface area contributed by atoms with Gasteiger partial charge in [0.2, 0.25) is 0 Å². The van der Waals surface area contributed by atoms with Gasteiger partial charge in [0.25, 0.3) is 0 Å². The predicted molar refractivity (Wildman–Crippen MR) is 85.8 cm³/mol. The summed E-state index contributed by atoms with van der Waals surface area (Å²) in [6.07, 6.45) is 3.91. The maximum absolute atomic E-state index is 5.87. The first-order valence-electron chi connectivity index (χ1n) is 7.28. The zero-order valence-electron chi connectivity index (χ0n) is 13.4. The van der Waals surface area contributed by atoms with Gasteiger partial charge in [-0.15, -0.1) is 0 Å². The Morgan fingerprint density at radius 1 is 1.32 bits per heavy atom. The van der Waals surface area contributed by atoms with Crippen LogP contribution in [0.15, 0.2) is 41.1 Å². The number of ether oxygens (including phenoxy) is 1. The van der Waals surface area contributed by atoms with E-state index in [0.29, 0.717) is 6.54 Å². The largest absolute Gasteiger partial charge is 0.497 e. The number of furan rings is 1. The molecule has 0 unspecified atom stereocenters. The van der Waals surface area contributed by atoms with Crippen molar-refractivity contribution in [2.75, 3.05) is 7.11 Å². The highest BCUT2D eigenvalue weighted by atomic mass is 16.5. The second kappa shape index (κ2) is 5.50. The first kappa shape index (κ1) is 14.7. The van der Waals surface area contributed by atoms with Crippen LogP contribution in [0, 0.1) is 0 Å². The molecular weight excluding hydrogens is 278 g/mol. The van der Waals surface area contributed by atoms with E-state index in [1.165, 1.54) is 0 Å². The summed E-state index contributed by atoms with van der Waals surface area (Å²) in [7, 11) is 3.59. The van der Waals surface area contributed by atoms with Crippen molar-refractivity contribution in [1.29, 1.82) is 0 Å². The maximum atomic E-state index is 5.87. The van der Waals surface area contributed by atoms with Gasteiger partial charge in [0.1, 0.15) is 17.1 Å². The highest BCUT2D eigenvalue weighted by Gasteiger charge is 2.21.